The second kappa shape index (κ2) is 20.1. The first-order chi connectivity index (χ1) is 29.2. The molecule has 5 rings (SSSR count). The second-order valence-corrected chi connectivity index (χ2v) is 18.1. The number of carbonyl (C=O) groups is 5. The first kappa shape index (κ1) is 46.8. The first-order valence-corrected chi connectivity index (χ1v) is 21.1. The molecular formula is C44H48N2O14S2. The van der Waals surface area contributed by atoms with Crippen molar-refractivity contribution in [1.82, 2.24) is 4.90 Å². The summed E-state index contributed by atoms with van der Waals surface area (Å²) < 4.78 is 40.6. The van der Waals surface area contributed by atoms with Gasteiger partial charge in [-0.2, -0.15) is 0 Å². The zero-order valence-corrected chi connectivity index (χ0v) is 37.3. The Morgan fingerprint density at radius 3 is 1.77 bits per heavy atom. The van der Waals surface area contributed by atoms with Crippen molar-refractivity contribution in [3.8, 4) is 28.7 Å². The van der Waals surface area contributed by atoms with Gasteiger partial charge in [0.2, 0.25) is 0 Å². The second-order valence-electron chi connectivity index (χ2n) is 15.9. The Kier molecular flexibility index (Phi) is 15.1. The maximum absolute atomic E-state index is 13.2. The Balaban J connectivity index is 1.25. The Bertz CT molecular complexity index is 2460. The summed E-state index contributed by atoms with van der Waals surface area (Å²) in [6, 6.07) is 15.0. The van der Waals surface area contributed by atoms with Gasteiger partial charge >= 0.3 is 18.1 Å². The number of rotatable bonds is 18. The van der Waals surface area contributed by atoms with Gasteiger partial charge < -0.3 is 38.1 Å². The molecular weight excluding hydrogens is 845 g/mol. The number of thiophene rings is 2. The molecule has 0 aliphatic carbocycles. The fourth-order valence-corrected chi connectivity index (χ4v) is 7.85. The third-order valence-corrected chi connectivity index (χ3v) is 10.7. The predicted molar refractivity (Wildman–Crippen MR) is 232 cm³/mol. The summed E-state index contributed by atoms with van der Waals surface area (Å²) in [7, 11) is 3.14. The van der Waals surface area contributed by atoms with E-state index in [0.29, 0.717) is 37.8 Å². The summed E-state index contributed by atoms with van der Waals surface area (Å²) in [5.74, 6) is -0.317. The van der Waals surface area contributed by atoms with E-state index in [4.69, 9.17) is 33.2 Å². The number of nitrogens with zero attached hydrogens (tertiary/aromatic N) is 2. The average molecular weight is 893 g/mol. The molecule has 2 aromatic heterocycles. The monoisotopic (exact) mass is 892 g/mol. The lowest BCUT2D eigenvalue weighted by molar-refractivity contribution is -0.384. The van der Waals surface area contributed by atoms with Crippen molar-refractivity contribution in [2.75, 3.05) is 33.9 Å². The zero-order chi connectivity index (χ0) is 45.4. The number of nitro groups is 1. The molecule has 0 fully saturated rings. The van der Waals surface area contributed by atoms with E-state index < -0.39 is 28.3 Å². The van der Waals surface area contributed by atoms with Crippen LogP contribution in [-0.2, 0) is 19.1 Å². The Labute approximate surface area is 365 Å². The summed E-state index contributed by atoms with van der Waals surface area (Å²) >= 11 is 2.44. The Hall–Kier alpha value is -6.27. The van der Waals surface area contributed by atoms with E-state index in [-0.39, 0.29) is 79.6 Å². The molecule has 0 aliphatic rings. The van der Waals surface area contributed by atoms with Gasteiger partial charge in [0.1, 0.15) is 17.0 Å². The predicted octanol–water partition coefficient (Wildman–Crippen LogP) is 9.57. The van der Waals surface area contributed by atoms with Crippen molar-refractivity contribution in [1.29, 1.82) is 0 Å². The van der Waals surface area contributed by atoms with Crippen LogP contribution in [0.1, 0.15) is 86.6 Å². The number of hydrogen-bond donors (Lipinski definition) is 0. The van der Waals surface area contributed by atoms with Gasteiger partial charge in [-0.3, -0.25) is 29.3 Å². The fraction of sp³-hybridized carbons (Fsp3) is 0.386. The SMILES string of the molecule is COc1cc2sc(C(=O)N(C)CCC(=O)OC(C)(C)C)cc2cc1OCCCOc1cc2cc(C(=O)CCC(=O)OC(C)(C)C)sc2cc1OC(=O)Oc1ccc([N+](=O)[O-])cc1. The minimum Gasteiger partial charge on any atom is -0.493 e. The van der Waals surface area contributed by atoms with Crippen LogP contribution in [0.15, 0.2) is 60.7 Å². The molecule has 330 valence electrons. The zero-order valence-electron chi connectivity index (χ0n) is 35.6. The van der Waals surface area contributed by atoms with Crippen LogP contribution in [-0.4, -0.2) is 84.7 Å². The molecule has 0 atom stereocenters. The van der Waals surface area contributed by atoms with E-state index in [1.165, 1.54) is 53.7 Å². The van der Waals surface area contributed by atoms with Crippen molar-refractivity contribution in [2.24, 2.45) is 0 Å². The number of ether oxygens (including phenoxy) is 7. The Morgan fingerprint density at radius 1 is 0.677 bits per heavy atom. The maximum Gasteiger partial charge on any atom is 0.519 e. The van der Waals surface area contributed by atoms with Crippen LogP contribution in [0, 0.1) is 10.1 Å². The molecule has 3 aromatic carbocycles. The van der Waals surface area contributed by atoms with Gasteiger partial charge in [-0.1, -0.05) is 0 Å². The molecule has 1 amide bonds. The highest BCUT2D eigenvalue weighted by atomic mass is 32.1. The van der Waals surface area contributed by atoms with E-state index in [9.17, 15) is 34.1 Å². The number of fused-ring (bicyclic) bond motifs is 2. The quantitative estimate of drug-likeness (QED) is 0.0201. The van der Waals surface area contributed by atoms with Gasteiger partial charge in [-0.05, 0) is 88.7 Å². The van der Waals surface area contributed by atoms with Crippen molar-refractivity contribution in [2.45, 2.75) is 78.4 Å². The van der Waals surface area contributed by atoms with Gasteiger partial charge in [0.05, 0.1) is 47.8 Å². The lowest BCUT2D eigenvalue weighted by Crippen LogP contribution is -2.31. The van der Waals surface area contributed by atoms with Crippen LogP contribution in [0.5, 0.6) is 28.7 Å². The summed E-state index contributed by atoms with van der Waals surface area (Å²) in [6.07, 6.45) is -0.861. The number of hydrogen-bond acceptors (Lipinski definition) is 16. The number of amides is 1. The summed E-state index contributed by atoms with van der Waals surface area (Å²) in [5.41, 5.74) is -1.48. The number of carbonyl (C=O) groups excluding carboxylic acids is 5. The van der Waals surface area contributed by atoms with Crippen LogP contribution in [0.2, 0.25) is 0 Å². The highest BCUT2D eigenvalue weighted by molar-refractivity contribution is 7.21. The van der Waals surface area contributed by atoms with Crippen LogP contribution in [0.3, 0.4) is 0 Å². The minimum absolute atomic E-state index is 0.00894. The van der Waals surface area contributed by atoms with Crippen molar-refractivity contribution < 1.29 is 62.1 Å². The number of ketones is 1. The molecule has 18 heteroatoms. The van der Waals surface area contributed by atoms with Crippen molar-refractivity contribution in [3.63, 3.8) is 0 Å². The molecule has 0 spiro atoms. The number of nitro benzene ring substituents is 1. The highest BCUT2D eigenvalue weighted by Gasteiger charge is 2.23. The number of methoxy groups -OCH3 is 1. The standard InChI is InChI=1S/C44H48N2O14S2/c1-43(2,3)59-39(48)15-14-30(47)37-22-26-21-33(34(25-36(26)61-37)58-42(51)57-29-12-10-28(11-13-29)46(52)53)56-19-9-18-55-32-20-27-23-38(62-35(27)24-31(32)54-8)41(50)45(7)17-16-40(49)60-44(4,5)6/h10-13,20-25H,9,14-19H2,1-8H3. The molecule has 16 nitrogen and oxygen atoms in total. The summed E-state index contributed by atoms with van der Waals surface area (Å²) in [5, 5.41) is 12.4. The highest BCUT2D eigenvalue weighted by Crippen LogP contribution is 2.39. The van der Waals surface area contributed by atoms with Gasteiger partial charge in [0.15, 0.2) is 28.8 Å². The Morgan fingerprint density at radius 2 is 1.21 bits per heavy atom. The summed E-state index contributed by atoms with van der Waals surface area (Å²) in [4.78, 5) is 76.4. The lowest BCUT2D eigenvalue weighted by atomic mass is 10.1. The molecule has 2 heterocycles. The number of esters is 2. The molecule has 0 radical (unpaired) electrons. The van der Waals surface area contributed by atoms with E-state index in [0.717, 1.165) is 21.4 Å². The first-order valence-electron chi connectivity index (χ1n) is 19.5. The number of Topliss-reactive ketones (excluding diaryl/α,β-unsaturated/α-hetero) is 1. The van der Waals surface area contributed by atoms with Crippen LogP contribution in [0.25, 0.3) is 20.2 Å². The van der Waals surface area contributed by atoms with Crippen LogP contribution in [0.4, 0.5) is 10.5 Å². The van der Waals surface area contributed by atoms with E-state index >= 15 is 0 Å². The smallest absolute Gasteiger partial charge is 0.493 e. The maximum atomic E-state index is 13.2. The normalized spacial score (nSPS) is 11.5. The fourth-order valence-electron chi connectivity index (χ4n) is 5.74. The van der Waals surface area contributed by atoms with Gasteiger partial charge in [0, 0.05) is 60.1 Å². The van der Waals surface area contributed by atoms with Gasteiger partial charge in [-0.25, -0.2) is 4.79 Å². The molecule has 0 saturated carbocycles. The van der Waals surface area contributed by atoms with Gasteiger partial charge in [-0.15, -0.1) is 22.7 Å². The molecule has 0 bridgehead atoms. The minimum atomic E-state index is -1.13. The molecule has 0 saturated heterocycles. The molecule has 0 aliphatic heterocycles. The van der Waals surface area contributed by atoms with Crippen molar-refractivity contribution >= 4 is 78.3 Å². The topological polar surface area (TPSA) is 196 Å². The third-order valence-electron chi connectivity index (χ3n) is 8.51. The number of benzene rings is 3. The summed E-state index contributed by atoms with van der Waals surface area (Å²) in [6.45, 7) is 11.1. The molecule has 62 heavy (non-hydrogen) atoms. The van der Waals surface area contributed by atoms with Crippen molar-refractivity contribution in [3.05, 3.63) is 80.5 Å². The van der Waals surface area contributed by atoms with Crippen LogP contribution < -0.4 is 23.7 Å². The third kappa shape index (κ3) is 13.4. The van der Waals surface area contributed by atoms with Crippen LogP contribution >= 0.6 is 22.7 Å². The lowest BCUT2D eigenvalue weighted by Gasteiger charge is -2.21. The molecule has 0 unspecified atom stereocenters. The molecule has 0 N–H and O–H groups in total. The van der Waals surface area contributed by atoms with E-state index in [2.05, 4.69) is 0 Å². The number of non-ortho nitro benzene ring substituents is 1. The largest absolute Gasteiger partial charge is 0.519 e. The van der Waals surface area contributed by atoms with E-state index in [1.807, 2.05) is 0 Å². The average Bonchev–Trinajstić information content (AvgIpc) is 3.80. The molecule has 5 aromatic rings. The van der Waals surface area contributed by atoms with E-state index in [1.54, 1.807) is 78.9 Å². The van der Waals surface area contributed by atoms with Gasteiger partial charge in [0.25, 0.3) is 11.6 Å².